The van der Waals surface area contributed by atoms with Gasteiger partial charge in [-0.1, -0.05) is 59.6 Å². The Labute approximate surface area is 366 Å². The molecule has 0 radical (unpaired) electrons. The second kappa shape index (κ2) is 19.6. The van der Waals surface area contributed by atoms with Crippen LogP contribution in [-0.2, 0) is 22.7 Å². The number of nitrogens with zero attached hydrogens (tertiary/aromatic N) is 5. The molecule has 4 fully saturated rings. The highest BCUT2D eigenvalue weighted by atomic mass is 35.5. The molecule has 61 heavy (non-hydrogen) atoms. The number of hydrogen-bond donors (Lipinski definition) is 2. The van der Waals surface area contributed by atoms with Gasteiger partial charge in [-0.15, -0.1) is 0 Å². The van der Waals surface area contributed by atoms with Gasteiger partial charge < -0.3 is 25.8 Å². The van der Waals surface area contributed by atoms with Crippen LogP contribution in [0.3, 0.4) is 0 Å². The van der Waals surface area contributed by atoms with E-state index in [0.717, 1.165) is 81.6 Å². The highest BCUT2D eigenvalue weighted by Gasteiger charge is 2.43. The van der Waals surface area contributed by atoms with E-state index in [-0.39, 0.29) is 53.6 Å². The van der Waals surface area contributed by atoms with Crippen molar-refractivity contribution in [3.8, 4) is 0 Å². The molecule has 4 saturated heterocycles. The Kier molecular flexibility index (Phi) is 14.1. The topological polar surface area (TPSA) is 105 Å². The lowest BCUT2D eigenvalue weighted by atomic mass is 10.1. The van der Waals surface area contributed by atoms with Crippen molar-refractivity contribution in [3.05, 3.63) is 141 Å². The van der Waals surface area contributed by atoms with E-state index in [9.17, 15) is 23.2 Å². The lowest BCUT2D eigenvalue weighted by Crippen LogP contribution is -2.55. The van der Waals surface area contributed by atoms with Crippen LogP contribution in [0.1, 0.15) is 47.9 Å². The van der Waals surface area contributed by atoms with Crippen LogP contribution in [0.15, 0.2) is 97.1 Å². The average molecular weight is 871 g/mol. The molecule has 14 heteroatoms. The predicted octanol–water partition coefficient (Wildman–Crippen LogP) is 8.41. The van der Waals surface area contributed by atoms with Gasteiger partial charge >= 0.3 is 6.03 Å². The van der Waals surface area contributed by atoms with Gasteiger partial charge in [0, 0.05) is 105 Å². The summed E-state index contributed by atoms with van der Waals surface area (Å²) in [6.07, 6.45) is 10.7. The third kappa shape index (κ3) is 11.2. The number of rotatable bonds is 9. The van der Waals surface area contributed by atoms with Gasteiger partial charge in [-0.2, -0.15) is 0 Å². The van der Waals surface area contributed by atoms with Gasteiger partial charge in [-0.3, -0.25) is 19.4 Å². The summed E-state index contributed by atoms with van der Waals surface area (Å²) in [5, 5.41) is 3.90. The molecule has 4 bridgehead atoms. The molecule has 0 aliphatic carbocycles. The number of anilines is 2. The van der Waals surface area contributed by atoms with Gasteiger partial charge in [0.1, 0.15) is 11.6 Å². The standard InChI is InChI=1S/C25H28ClFN4O2.C22H23ClFN3O/c1-29(2)25(33)28-23-13-19(26)7-5-18(23)6-12-24(32)31-21-10-11-22(31)16-30(15-21)14-17-3-8-20(27)9-4-17;23-17-5-3-16(21(25)11-17)4-10-22(28)27-19-8-9-20(27)14-26(13-19)12-15-1-6-18(24)7-2-15/h3-9,12-13,21-22H,10-11,14-16H2,1-2H3,(H,28,33);1-7,10-11,19-20H,8-9,12-14,25H2/b12-6+;10-4+. The average Bonchev–Trinajstić information content (AvgIpc) is 3.66. The number of nitrogen functional groups attached to an aromatic ring is 1. The second-order valence-corrected chi connectivity index (χ2v) is 17.3. The van der Waals surface area contributed by atoms with Gasteiger partial charge in [-0.05, 0) is 109 Å². The first-order chi connectivity index (χ1) is 29.3. The lowest BCUT2D eigenvalue weighted by Gasteiger charge is -2.40. The first-order valence-electron chi connectivity index (χ1n) is 20.6. The molecule has 0 saturated carbocycles. The fourth-order valence-corrected chi connectivity index (χ4v) is 9.21. The minimum absolute atomic E-state index is 0.0243. The first-order valence-corrected chi connectivity index (χ1v) is 21.3. The van der Waals surface area contributed by atoms with Crippen molar-refractivity contribution >= 4 is 64.6 Å². The maximum Gasteiger partial charge on any atom is 0.321 e. The summed E-state index contributed by atoms with van der Waals surface area (Å²) in [6.45, 7) is 4.83. The Morgan fingerprint density at radius 2 is 1.07 bits per heavy atom. The number of carbonyl (C=O) groups is 3. The Bertz CT molecular complexity index is 2250. The maximum absolute atomic E-state index is 13.2. The molecule has 320 valence electrons. The number of hydrogen-bond acceptors (Lipinski definition) is 6. The molecule has 10 nitrogen and oxygen atoms in total. The molecule has 4 aliphatic heterocycles. The fourth-order valence-electron chi connectivity index (χ4n) is 8.86. The van der Waals surface area contributed by atoms with E-state index < -0.39 is 0 Å². The molecule has 4 amide bonds. The normalized spacial score (nSPS) is 21.1. The van der Waals surface area contributed by atoms with Crippen LogP contribution in [0.4, 0.5) is 25.0 Å². The summed E-state index contributed by atoms with van der Waals surface area (Å²) >= 11 is 12.0. The van der Waals surface area contributed by atoms with Gasteiger partial charge in [0.15, 0.2) is 0 Å². The van der Waals surface area contributed by atoms with Crippen LogP contribution in [0.25, 0.3) is 12.2 Å². The van der Waals surface area contributed by atoms with E-state index in [2.05, 4.69) is 15.1 Å². The molecular formula is C47H51Cl2F2N7O3. The summed E-state index contributed by atoms with van der Waals surface area (Å²) in [6, 6.07) is 24.2. The highest BCUT2D eigenvalue weighted by Crippen LogP contribution is 2.33. The quantitative estimate of drug-likeness (QED) is 0.129. The summed E-state index contributed by atoms with van der Waals surface area (Å²) in [4.78, 5) is 48.2. The Balaban J connectivity index is 0.000000186. The number of likely N-dealkylation sites (tertiary alicyclic amines) is 2. The Hall–Kier alpha value is -5.27. The molecule has 8 rings (SSSR count). The minimum atomic E-state index is -0.270. The monoisotopic (exact) mass is 869 g/mol. The molecule has 4 unspecified atom stereocenters. The van der Waals surface area contributed by atoms with Crippen LogP contribution >= 0.6 is 23.2 Å². The Morgan fingerprint density at radius 3 is 1.49 bits per heavy atom. The van der Waals surface area contributed by atoms with Gasteiger partial charge in [-0.25, -0.2) is 13.6 Å². The van der Waals surface area contributed by atoms with Gasteiger partial charge in [0.2, 0.25) is 11.8 Å². The van der Waals surface area contributed by atoms with Crippen molar-refractivity contribution in [3.63, 3.8) is 0 Å². The molecule has 0 spiro atoms. The number of amides is 4. The Morgan fingerprint density at radius 1 is 0.656 bits per heavy atom. The first kappa shape index (κ1) is 43.8. The number of carbonyl (C=O) groups excluding carboxylic acids is 3. The SMILES string of the molecule is CN(C)C(=O)Nc1cc(Cl)ccc1/C=C/C(=O)N1C2CCC1CN(Cc1ccc(F)cc1)C2.Nc1cc(Cl)ccc1/C=C/C(=O)N1C2CCC1CN(Cc1ccc(F)cc1)C2. The van der Waals surface area contributed by atoms with E-state index in [0.29, 0.717) is 27.0 Å². The van der Waals surface area contributed by atoms with Crippen LogP contribution < -0.4 is 11.1 Å². The van der Waals surface area contributed by atoms with Crippen LogP contribution in [-0.4, -0.2) is 107 Å². The number of piperazine rings is 2. The van der Waals surface area contributed by atoms with Crippen molar-refractivity contribution in [2.45, 2.75) is 62.9 Å². The maximum atomic E-state index is 13.2. The summed E-state index contributed by atoms with van der Waals surface area (Å²) < 4.78 is 26.3. The van der Waals surface area contributed by atoms with E-state index in [4.69, 9.17) is 28.9 Å². The third-order valence-electron chi connectivity index (χ3n) is 11.8. The van der Waals surface area contributed by atoms with Crippen LogP contribution in [0.5, 0.6) is 0 Å². The summed E-state index contributed by atoms with van der Waals surface area (Å²) in [5.74, 6) is -0.439. The third-order valence-corrected chi connectivity index (χ3v) is 12.3. The van der Waals surface area contributed by atoms with E-state index in [1.165, 1.54) is 29.2 Å². The van der Waals surface area contributed by atoms with Gasteiger partial charge in [0.25, 0.3) is 0 Å². The van der Waals surface area contributed by atoms with E-state index in [1.807, 2.05) is 40.1 Å². The predicted molar refractivity (Wildman–Crippen MR) is 239 cm³/mol. The van der Waals surface area contributed by atoms with Gasteiger partial charge in [0.05, 0.1) is 5.69 Å². The van der Waals surface area contributed by atoms with Crippen molar-refractivity contribution in [1.82, 2.24) is 24.5 Å². The van der Waals surface area contributed by atoms with E-state index >= 15 is 0 Å². The van der Waals surface area contributed by atoms with Crippen LogP contribution in [0.2, 0.25) is 10.0 Å². The number of benzene rings is 4. The van der Waals surface area contributed by atoms with Crippen molar-refractivity contribution in [2.24, 2.45) is 0 Å². The molecule has 4 aliphatic rings. The zero-order valence-corrected chi connectivity index (χ0v) is 35.8. The number of halogens is 4. The van der Waals surface area contributed by atoms with E-state index in [1.54, 1.807) is 68.7 Å². The van der Waals surface area contributed by atoms with Crippen molar-refractivity contribution < 1.29 is 23.2 Å². The number of nitrogens with two attached hydrogens (primary N) is 1. The smallest absolute Gasteiger partial charge is 0.321 e. The summed E-state index contributed by atoms with van der Waals surface area (Å²) in [7, 11) is 3.31. The number of urea groups is 1. The lowest BCUT2D eigenvalue weighted by molar-refractivity contribution is -0.132. The largest absolute Gasteiger partial charge is 0.398 e. The summed E-state index contributed by atoms with van der Waals surface area (Å²) in [5.41, 5.74) is 10.8. The zero-order valence-electron chi connectivity index (χ0n) is 34.3. The second-order valence-electron chi connectivity index (χ2n) is 16.4. The molecule has 4 heterocycles. The van der Waals surface area contributed by atoms with Crippen molar-refractivity contribution in [2.75, 3.05) is 51.3 Å². The van der Waals surface area contributed by atoms with Crippen LogP contribution in [0, 0.1) is 11.6 Å². The zero-order chi connectivity index (χ0) is 43.2. The molecule has 4 atom stereocenters. The molecular weight excluding hydrogens is 819 g/mol. The number of nitrogens with one attached hydrogen (secondary N) is 1. The fraction of sp³-hybridized carbons (Fsp3) is 0.340. The highest BCUT2D eigenvalue weighted by molar-refractivity contribution is 6.31. The number of fused-ring (bicyclic) bond motifs is 4. The molecule has 4 aromatic carbocycles. The van der Waals surface area contributed by atoms with Crippen molar-refractivity contribution in [1.29, 1.82) is 0 Å². The molecule has 0 aromatic heterocycles. The molecule has 3 N–H and O–H groups in total. The minimum Gasteiger partial charge on any atom is -0.398 e. The molecule has 4 aromatic rings.